The van der Waals surface area contributed by atoms with Gasteiger partial charge in [-0.25, -0.2) is 4.79 Å². The zero-order valence-corrected chi connectivity index (χ0v) is 25.6. The number of fused-ring (bicyclic) bond motifs is 1. The Labute approximate surface area is 251 Å². The van der Waals surface area contributed by atoms with Crippen molar-refractivity contribution in [2.24, 2.45) is 13.0 Å². The van der Waals surface area contributed by atoms with Crippen molar-refractivity contribution in [1.82, 2.24) is 34.4 Å². The Morgan fingerprint density at radius 1 is 1.00 bits per heavy atom. The molecule has 0 aliphatic heterocycles. The Morgan fingerprint density at radius 3 is 2.28 bits per heavy atom. The largest absolute Gasteiger partial charge is 0.465 e. The second-order valence-electron chi connectivity index (χ2n) is 10.7. The van der Waals surface area contributed by atoms with Gasteiger partial charge in [0.05, 0.1) is 25.3 Å². The highest BCUT2D eigenvalue weighted by molar-refractivity contribution is 6.10. The lowest BCUT2D eigenvalue weighted by atomic mass is 9.99. The molecule has 0 spiro atoms. The molecule has 0 bridgehead atoms. The first kappa shape index (κ1) is 31.1. The molecule has 1 aromatic carbocycles. The molecule has 4 rings (SSSR count). The van der Waals surface area contributed by atoms with Gasteiger partial charge < -0.3 is 19.3 Å². The van der Waals surface area contributed by atoms with E-state index in [1.165, 1.54) is 9.70 Å². The Bertz CT molecular complexity index is 1640. The molecule has 2 amide bonds. The summed E-state index contributed by atoms with van der Waals surface area (Å²) in [5.74, 6) is 0.308. The molecule has 0 unspecified atom stereocenters. The van der Waals surface area contributed by atoms with Crippen molar-refractivity contribution in [3.05, 3.63) is 88.5 Å². The summed E-state index contributed by atoms with van der Waals surface area (Å²) in [6, 6.07) is 12.5. The monoisotopic (exact) mass is 585 g/mol. The minimum absolute atomic E-state index is 0.110. The van der Waals surface area contributed by atoms with Crippen LogP contribution in [0.25, 0.3) is 11.6 Å². The van der Waals surface area contributed by atoms with E-state index in [1.807, 2.05) is 69.4 Å². The highest BCUT2D eigenvalue weighted by atomic mass is 16.4. The van der Waals surface area contributed by atoms with Gasteiger partial charge in [-0.05, 0) is 60.7 Å². The molecule has 4 aromatic rings. The van der Waals surface area contributed by atoms with E-state index >= 15 is 0 Å². The molecule has 226 valence electrons. The maximum Gasteiger partial charge on any atom is 0.407 e. The molecule has 0 radical (unpaired) electrons. The van der Waals surface area contributed by atoms with Gasteiger partial charge in [-0.15, -0.1) is 10.2 Å². The van der Waals surface area contributed by atoms with Gasteiger partial charge in [0.25, 0.3) is 5.91 Å². The molecule has 1 N–H and O–H groups in total. The van der Waals surface area contributed by atoms with Crippen molar-refractivity contribution >= 4 is 29.4 Å². The van der Waals surface area contributed by atoms with Crippen LogP contribution in [0.15, 0.2) is 54.7 Å². The number of hydrogen-bond acceptors (Lipinski definition) is 6. The zero-order valence-electron chi connectivity index (χ0n) is 25.6. The lowest BCUT2D eigenvalue weighted by Crippen LogP contribution is -2.41. The molecule has 43 heavy (non-hydrogen) atoms. The van der Waals surface area contributed by atoms with Crippen molar-refractivity contribution in [2.45, 2.75) is 53.6 Å². The van der Waals surface area contributed by atoms with E-state index in [0.29, 0.717) is 42.2 Å². The van der Waals surface area contributed by atoms with Crippen LogP contribution in [0.5, 0.6) is 0 Å². The average molecular weight is 586 g/mol. The third-order valence-corrected chi connectivity index (χ3v) is 7.53. The predicted molar refractivity (Wildman–Crippen MR) is 164 cm³/mol. The minimum atomic E-state index is -0.948. The van der Waals surface area contributed by atoms with Gasteiger partial charge in [0.2, 0.25) is 5.78 Å². The number of hydrogen-bond donors (Lipinski definition) is 1. The number of pyridine rings is 1. The SMILES string of the molecule is CCc1cc2cc(C(=O)N(CC)Cc3nnn(C)n3)ccn2c1C(=O)c1ccc(/C=C/[C@@H](C(C)C)N(CC)C(=O)O)cc1. The van der Waals surface area contributed by atoms with Crippen LogP contribution in [-0.2, 0) is 20.0 Å². The summed E-state index contributed by atoms with van der Waals surface area (Å²) in [7, 11) is 1.68. The number of ketones is 1. The van der Waals surface area contributed by atoms with E-state index in [9.17, 15) is 19.5 Å². The quantitative estimate of drug-likeness (QED) is 0.233. The van der Waals surface area contributed by atoms with E-state index in [0.717, 1.165) is 16.6 Å². The number of tetrazole rings is 1. The normalized spacial score (nSPS) is 12.3. The molecular formula is C32H39N7O4. The summed E-state index contributed by atoms with van der Waals surface area (Å²) in [6.07, 6.45) is 5.27. The fraction of sp³-hybridized carbons (Fsp3) is 0.375. The van der Waals surface area contributed by atoms with E-state index in [-0.39, 0.29) is 30.2 Å². The molecule has 0 saturated heterocycles. The van der Waals surface area contributed by atoms with Crippen LogP contribution < -0.4 is 0 Å². The molecule has 3 aromatic heterocycles. The maximum atomic E-state index is 13.7. The second kappa shape index (κ2) is 13.5. The number of aromatic nitrogens is 5. The molecule has 11 nitrogen and oxygen atoms in total. The fourth-order valence-electron chi connectivity index (χ4n) is 5.21. The second-order valence-corrected chi connectivity index (χ2v) is 10.7. The van der Waals surface area contributed by atoms with Crippen LogP contribution in [0.3, 0.4) is 0 Å². The van der Waals surface area contributed by atoms with Crippen LogP contribution in [0.1, 0.15) is 78.0 Å². The van der Waals surface area contributed by atoms with Gasteiger partial charge in [-0.3, -0.25) is 9.59 Å². The fourth-order valence-corrected chi connectivity index (χ4v) is 5.21. The summed E-state index contributed by atoms with van der Waals surface area (Å²) in [5, 5.41) is 21.6. The van der Waals surface area contributed by atoms with Crippen LogP contribution in [0, 0.1) is 5.92 Å². The molecule has 0 aliphatic rings. The van der Waals surface area contributed by atoms with Gasteiger partial charge in [0, 0.05) is 35.9 Å². The van der Waals surface area contributed by atoms with Gasteiger partial charge in [0.15, 0.2) is 5.82 Å². The van der Waals surface area contributed by atoms with Crippen LogP contribution in [-0.4, -0.2) is 76.4 Å². The summed E-state index contributed by atoms with van der Waals surface area (Å²) in [4.78, 5) is 43.2. The smallest absolute Gasteiger partial charge is 0.407 e. The van der Waals surface area contributed by atoms with Crippen molar-refractivity contribution in [2.75, 3.05) is 13.1 Å². The summed E-state index contributed by atoms with van der Waals surface area (Å²) in [5.41, 5.74) is 4.15. The zero-order chi connectivity index (χ0) is 31.3. The van der Waals surface area contributed by atoms with Crippen molar-refractivity contribution < 1.29 is 19.5 Å². The first-order valence-corrected chi connectivity index (χ1v) is 14.6. The topological polar surface area (TPSA) is 126 Å². The molecule has 1 atom stereocenters. The molecule has 0 fully saturated rings. The number of carbonyl (C=O) groups is 3. The third-order valence-electron chi connectivity index (χ3n) is 7.53. The van der Waals surface area contributed by atoms with Crippen molar-refractivity contribution in [1.29, 1.82) is 0 Å². The Morgan fingerprint density at radius 2 is 1.72 bits per heavy atom. The number of nitrogens with zero attached hydrogens (tertiary/aromatic N) is 7. The van der Waals surface area contributed by atoms with Crippen LogP contribution >= 0.6 is 0 Å². The Kier molecular flexibility index (Phi) is 9.74. The van der Waals surface area contributed by atoms with E-state index in [1.54, 1.807) is 42.4 Å². The molecule has 11 heteroatoms. The summed E-state index contributed by atoms with van der Waals surface area (Å²) >= 11 is 0. The lowest BCUT2D eigenvalue weighted by molar-refractivity contribution is 0.0748. The maximum absolute atomic E-state index is 13.7. The van der Waals surface area contributed by atoms with Gasteiger partial charge in [-0.1, -0.05) is 57.2 Å². The number of rotatable bonds is 12. The lowest BCUT2D eigenvalue weighted by Gasteiger charge is -2.29. The number of carbonyl (C=O) groups excluding carboxylic acids is 2. The predicted octanol–water partition coefficient (Wildman–Crippen LogP) is 4.96. The van der Waals surface area contributed by atoms with Crippen LogP contribution in [0.2, 0.25) is 0 Å². The Hall–Kier alpha value is -4.80. The highest BCUT2D eigenvalue weighted by Crippen LogP contribution is 2.23. The Balaban J connectivity index is 1.57. The third kappa shape index (κ3) is 6.82. The summed E-state index contributed by atoms with van der Waals surface area (Å²) < 4.78 is 1.84. The standard InChI is InChI=1S/C32H39N7O4/c1-7-23-18-26-19-25(31(41)37(8-2)20-28-33-35-36(6)34-28)16-17-39(26)29(23)30(40)24-13-10-22(11-14-24)12-15-27(21(4)5)38(9-3)32(42)43/h10-19,21,27H,7-9,20H2,1-6H3,(H,42,43)/b15-12+/t27-/m0/s1. The van der Waals surface area contributed by atoms with E-state index in [4.69, 9.17) is 0 Å². The van der Waals surface area contributed by atoms with E-state index < -0.39 is 6.09 Å². The number of aryl methyl sites for hydroxylation is 2. The number of likely N-dealkylation sites (N-methyl/N-ethyl adjacent to an activating group) is 1. The van der Waals surface area contributed by atoms with Gasteiger partial charge in [0.1, 0.15) is 0 Å². The molecule has 0 aliphatic carbocycles. The number of benzene rings is 1. The number of carboxylic acid groups (broad SMARTS) is 1. The minimum Gasteiger partial charge on any atom is -0.465 e. The van der Waals surface area contributed by atoms with Gasteiger partial charge >= 0.3 is 6.09 Å². The van der Waals surface area contributed by atoms with Crippen LogP contribution in [0.4, 0.5) is 4.79 Å². The number of amides is 2. The van der Waals surface area contributed by atoms with E-state index in [2.05, 4.69) is 15.4 Å². The van der Waals surface area contributed by atoms with Gasteiger partial charge in [-0.2, -0.15) is 4.80 Å². The summed E-state index contributed by atoms with van der Waals surface area (Å²) in [6.45, 7) is 10.8. The first-order valence-electron chi connectivity index (χ1n) is 14.6. The molecular weight excluding hydrogens is 546 g/mol. The van der Waals surface area contributed by atoms with Crippen molar-refractivity contribution in [3.63, 3.8) is 0 Å². The highest BCUT2D eigenvalue weighted by Gasteiger charge is 2.23. The molecule has 0 saturated carbocycles. The van der Waals surface area contributed by atoms with Crippen molar-refractivity contribution in [3.8, 4) is 0 Å². The first-order chi connectivity index (χ1) is 20.6. The molecule has 3 heterocycles. The average Bonchev–Trinajstić information content (AvgIpc) is 3.59.